The molecule has 0 aliphatic carbocycles. The topological polar surface area (TPSA) is 38.9 Å². The maximum absolute atomic E-state index is 12.1. The van der Waals surface area contributed by atoms with Crippen LogP contribution in [0.3, 0.4) is 0 Å². The number of alkyl halides is 3. The lowest BCUT2D eigenvalue weighted by Gasteiger charge is -2.05. The third-order valence-electron chi connectivity index (χ3n) is 1.78. The van der Waals surface area contributed by atoms with E-state index in [9.17, 15) is 13.2 Å². The number of aromatic nitrogens is 1. The van der Waals surface area contributed by atoms with Crippen molar-refractivity contribution in [3.8, 4) is 0 Å². The molecule has 2 nitrogen and oxygen atoms in total. The van der Waals surface area contributed by atoms with Crippen LogP contribution in [0.5, 0.6) is 0 Å². The average Bonchev–Trinajstić information content (AvgIpc) is 2.14. The molecule has 0 spiro atoms. The van der Waals surface area contributed by atoms with Gasteiger partial charge in [-0.15, -0.1) is 0 Å². The first-order valence-electron chi connectivity index (χ1n) is 4.26. The molecule has 14 heavy (non-hydrogen) atoms. The van der Waals surface area contributed by atoms with Gasteiger partial charge < -0.3 is 5.73 Å². The summed E-state index contributed by atoms with van der Waals surface area (Å²) < 4.78 is 36.3. The minimum absolute atomic E-state index is 0.529. The van der Waals surface area contributed by atoms with Gasteiger partial charge in [-0.3, -0.25) is 4.98 Å². The highest BCUT2D eigenvalue weighted by Crippen LogP contribution is 2.27. The van der Waals surface area contributed by atoms with Crippen LogP contribution in [-0.4, -0.2) is 11.5 Å². The molecule has 0 saturated carbocycles. The first-order valence-corrected chi connectivity index (χ1v) is 4.26. The molecule has 0 radical (unpaired) electrons. The van der Waals surface area contributed by atoms with E-state index in [2.05, 4.69) is 4.98 Å². The van der Waals surface area contributed by atoms with Crippen molar-refractivity contribution in [1.29, 1.82) is 0 Å². The Balaban J connectivity index is 2.69. The maximum atomic E-state index is 12.1. The van der Waals surface area contributed by atoms with E-state index < -0.39 is 11.9 Å². The van der Waals surface area contributed by atoms with E-state index in [1.165, 1.54) is 12.3 Å². The van der Waals surface area contributed by atoms with Gasteiger partial charge in [0.15, 0.2) is 0 Å². The van der Waals surface area contributed by atoms with E-state index in [0.29, 0.717) is 13.0 Å². The van der Waals surface area contributed by atoms with E-state index >= 15 is 0 Å². The van der Waals surface area contributed by atoms with E-state index in [1.54, 1.807) is 0 Å². The van der Waals surface area contributed by atoms with E-state index in [1.807, 2.05) is 0 Å². The molecule has 2 N–H and O–H groups in total. The summed E-state index contributed by atoms with van der Waals surface area (Å²) in [5.41, 5.74) is 5.20. The van der Waals surface area contributed by atoms with Crippen molar-refractivity contribution < 1.29 is 13.2 Å². The second kappa shape index (κ2) is 4.41. The molecule has 0 aliphatic heterocycles. The van der Waals surface area contributed by atoms with Crippen LogP contribution in [0.4, 0.5) is 13.2 Å². The number of nitrogens with two attached hydrogens (primary N) is 1. The van der Waals surface area contributed by atoms with Gasteiger partial charge in [0.2, 0.25) is 0 Å². The Morgan fingerprint density at radius 1 is 1.29 bits per heavy atom. The van der Waals surface area contributed by atoms with Crippen molar-refractivity contribution in [2.45, 2.75) is 19.0 Å². The van der Waals surface area contributed by atoms with Crippen molar-refractivity contribution in [2.75, 3.05) is 6.54 Å². The Kier molecular flexibility index (Phi) is 3.46. The molecule has 5 heteroatoms. The molecule has 0 fully saturated rings. The SMILES string of the molecule is NCCCc1ccc(C(F)(F)F)nc1. The first kappa shape index (κ1) is 11.0. The monoisotopic (exact) mass is 204 g/mol. The van der Waals surface area contributed by atoms with Crippen molar-refractivity contribution in [3.63, 3.8) is 0 Å². The minimum Gasteiger partial charge on any atom is -0.330 e. The molecule has 1 heterocycles. The summed E-state index contributed by atoms with van der Waals surface area (Å²) in [7, 11) is 0. The van der Waals surface area contributed by atoms with Crippen LogP contribution in [0.15, 0.2) is 18.3 Å². The fourth-order valence-corrected chi connectivity index (χ4v) is 1.05. The lowest BCUT2D eigenvalue weighted by atomic mass is 10.1. The molecular weight excluding hydrogens is 193 g/mol. The second-order valence-corrected chi connectivity index (χ2v) is 2.94. The summed E-state index contributed by atoms with van der Waals surface area (Å²) in [5.74, 6) is 0. The third-order valence-corrected chi connectivity index (χ3v) is 1.78. The lowest BCUT2D eigenvalue weighted by Crippen LogP contribution is -2.08. The third kappa shape index (κ3) is 2.99. The van der Waals surface area contributed by atoms with Crippen molar-refractivity contribution in [2.24, 2.45) is 5.73 Å². The van der Waals surface area contributed by atoms with Crippen LogP contribution in [0.2, 0.25) is 0 Å². The number of hydrogen-bond donors (Lipinski definition) is 1. The predicted octanol–water partition coefficient (Wildman–Crippen LogP) is 1.99. The number of pyridine rings is 1. The summed E-state index contributed by atoms with van der Waals surface area (Å²) in [5, 5.41) is 0. The molecule has 0 aliphatic rings. The van der Waals surface area contributed by atoms with Crippen LogP contribution in [0.1, 0.15) is 17.7 Å². The van der Waals surface area contributed by atoms with Crippen LogP contribution in [0.25, 0.3) is 0 Å². The van der Waals surface area contributed by atoms with Gasteiger partial charge in [0.25, 0.3) is 0 Å². The standard InChI is InChI=1S/C9H11F3N2/c10-9(11,12)8-4-3-7(6-14-8)2-1-5-13/h3-4,6H,1-2,5,13H2. The maximum Gasteiger partial charge on any atom is 0.433 e. The van der Waals surface area contributed by atoms with E-state index in [-0.39, 0.29) is 0 Å². The van der Waals surface area contributed by atoms with Crippen LogP contribution < -0.4 is 5.73 Å². The highest BCUT2D eigenvalue weighted by molar-refractivity contribution is 5.16. The highest BCUT2D eigenvalue weighted by atomic mass is 19.4. The quantitative estimate of drug-likeness (QED) is 0.817. The van der Waals surface area contributed by atoms with Crippen molar-refractivity contribution in [3.05, 3.63) is 29.6 Å². The van der Waals surface area contributed by atoms with Crippen molar-refractivity contribution in [1.82, 2.24) is 4.98 Å². The molecule has 0 atom stereocenters. The van der Waals surface area contributed by atoms with Crippen molar-refractivity contribution >= 4 is 0 Å². The minimum atomic E-state index is -4.35. The normalized spacial score (nSPS) is 11.7. The molecule has 0 amide bonds. The number of hydrogen-bond acceptors (Lipinski definition) is 2. The van der Waals surface area contributed by atoms with E-state index in [0.717, 1.165) is 18.1 Å². The number of aryl methyl sites for hydroxylation is 1. The molecule has 1 aromatic heterocycles. The second-order valence-electron chi connectivity index (χ2n) is 2.94. The first-order chi connectivity index (χ1) is 6.54. The fourth-order valence-electron chi connectivity index (χ4n) is 1.05. The van der Waals surface area contributed by atoms with E-state index in [4.69, 9.17) is 5.73 Å². The van der Waals surface area contributed by atoms with Gasteiger partial charge >= 0.3 is 6.18 Å². The number of rotatable bonds is 3. The van der Waals surface area contributed by atoms with Crippen LogP contribution in [-0.2, 0) is 12.6 Å². The molecule has 0 saturated heterocycles. The molecule has 0 aromatic carbocycles. The molecule has 1 rings (SSSR count). The van der Waals surface area contributed by atoms with Gasteiger partial charge in [0.1, 0.15) is 5.69 Å². The molecule has 1 aromatic rings. The van der Waals surface area contributed by atoms with Gasteiger partial charge in [-0.05, 0) is 31.0 Å². The smallest absolute Gasteiger partial charge is 0.330 e. The van der Waals surface area contributed by atoms with Gasteiger partial charge in [0.05, 0.1) is 0 Å². The molecular formula is C9H11F3N2. The Labute approximate surface area is 79.9 Å². The Hall–Kier alpha value is -1.10. The highest BCUT2D eigenvalue weighted by Gasteiger charge is 2.31. The van der Waals surface area contributed by atoms with Crippen LogP contribution >= 0.6 is 0 Å². The number of nitrogens with zero attached hydrogens (tertiary/aromatic N) is 1. The molecule has 78 valence electrons. The van der Waals surface area contributed by atoms with Gasteiger partial charge in [-0.2, -0.15) is 13.2 Å². The molecule has 0 bridgehead atoms. The Bertz CT molecular complexity index is 279. The summed E-state index contributed by atoms with van der Waals surface area (Å²) in [4.78, 5) is 3.34. The van der Waals surface area contributed by atoms with Crippen LogP contribution in [0, 0.1) is 0 Å². The zero-order valence-electron chi connectivity index (χ0n) is 7.51. The summed E-state index contributed by atoms with van der Waals surface area (Å²) in [6, 6.07) is 2.43. The lowest BCUT2D eigenvalue weighted by molar-refractivity contribution is -0.141. The summed E-state index contributed by atoms with van der Waals surface area (Å²) in [6.07, 6.45) is -1.68. The number of halogens is 3. The van der Waals surface area contributed by atoms with Gasteiger partial charge in [0, 0.05) is 6.20 Å². The van der Waals surface area contributed by atoms with Gasteiger partial charge in [-0.25, -0.2) is 0 Å². The summed E-state index contributed by atoms with van der Waals surface area (Å²) >= 11 is 0. The van der Waals surface area contributed by atoms with Gasteiger partial charge in [-0.1, -0.05) is 6.07 Å². The fraction of sp³-hybridized carbons (Fsp3) is 0.444. The molecule has 0 unspecified atom stereocenters. The predicted molar refractivity (Wildman–Crippen MR) is 46.6 cm³/mol. The summed E-state index contributed by atoms with van der Waals surface area (Å²) in [6.45, 7) is 0.529. The average molecular weight is 204 g/mol. The Morgan fingerprint density at radius 3 is 2.43 bits per heavy atom. The largest absolute Gasteiger partial charge is 0.433 e. The zero-order valence-corrected chi connectivity index (χ0v) is 7.51. The Morgan fingerprint density at radius 2 is 2.00 bits per heavy atom. The zero-order chi connectivity index (χ0) is 10.6.